The van der Waals surface area contributed by atoms with Crippen molar-refractivity contribution in [3.05, 3.63) is 58.2 Å². The molecule has 3 rings (SSSR count). The normalized spacial score (nSPS) is 14.5. The van der Waals surface area contributed by atoms with Crippen LogP contribution in [0.25, 0.3) is 6.08 Å². The molecule has 0 saturated carbocycles. The molecule has 0 atom stereocenters. The first kappa shape index (κ1) is 19.4. The summed E-state index contributed by atoms with van der Waals surface area (Å²) < 4.78 is 20.9. The van der Waals surface area contributed by atoms with Crippen LogP contribution in [-0.4, -0.2) is 32.1 Å². The van der Waals surface area contributed by atoms with Crippen LogP contribution in [0.4, 0.5) is 0 Å². The molecule has 0 amide bonds. The summed E-state index contributed by atoms with van der Waals surface area (Å²) in [5.41, 5.74) is 1.29. The zero-order valence-electron chi connectivity index (χ0n) is 15.3. The first-order valence-electron chi connectivity index (χ1n) is 8.14. The van der Waals surface area contributed by atoms with E-state index in [9.17, 15) is 9.59 Å². The lowest BCUT2D eigenvalue weighted by atomic mass is 10.1. The third-order valence-corrected chi connectivity index (χ3v) is 4.00. The highest BCUT2D eigenvalue weighted by atomic mass is 35.5. The second kappa shape index (κ2) is 8.14. The second-order valence-corrected chi connectivity index (χ2v) is 6.13. The van der Waals surface area contributed by atoms with Gasteiger partial charge in [-0.25, -0.2) is 9.79 Å². The molecule has 0 radical (unpaired) electrons. The summed E-state index contributed by atoms with van der Waals surface area (Å²) in [6.07, 6.45) is 1.52. The van der Waals surface area contributed by atoms with Crippen molar-refractivity contribution in [1.82, 2.24) is 0 Å². The number of cyclic esters (lactones) is 1. The van der Waals surface area contributed by atoms with Crippen molar-refractivity contribution >= 4 is 35.5 Å². The van der Waals surface area contributed by atoms with E-state index < -0.39 is 11.9 Å². The number of rotatable bonds is 5. The van der Waals surface area contributed by atoms with Gasteiger partial charge < -0.3 is 18.9 Å². The summed E-state index contributed by atoms with van der Waals surface area (Å²) >= 11 is 5.87. The van der Waals surface area contributed by atoms with Crippen LogP contribution in [0.1, 0.15) is 18.1 Å². The van der Waals surface area contributed by atoms with Gasteiger partial charge in [-0.05, 0) is 48.0 Å². The molecule has 7 nitrogen and oxygen atoms in total. The number of esters is 2. The van der Waals surface area contributed by atoms with Crippen molar-refractivity contribution in [3.63, 3.8) is 0 Å². The van der Waals surface area contributed by atoms with Gasteiger partial charge in [0.25, 0.3) is 0 Å². The van der Waals surface area contributed by atoms with Crippen LogP contribution in [0.5, 0.6) is 17.2 Å². The van der Waals surface area contributed by atoms with Crippen molar-refractivity contribution in [1.29, 1.82) is 0 Å². The number of hydrogen-bond donors (Lipinski definition) is 0. The van der Waals surface area contributed by atoms with Gasteiger partial charge in [0.05, 0.1) is 14.2 Å². The lowest BCUT2D eigenvalue weighted by Gasteiger charge is -2.13. The lowest BCUT2D eigenvalue weighted by Crippen LogP contribution is -2.05. The fourth-order valence-corrected chi connectivity index (χ4v) is 2.64. The van der Waals surface area contributed by atoms with Crippen LogP contribution in [0.15, 0.2) is 47.1 Å². The van der Waals surface area contributed by atoms with Gasteiger partial charge in [0, 0.05) is 17.5 Å². The molecule has 2 aromatic rings. The Morgan fingerprint density at radius 1 is 1.11 bits per heavy atom. The molecule has 28 heavy (non-hydrogen) atoms. The Morgan fingerprint density at radius 3 is 2.25 bits per heavy atom. The Labute approximate surface area is 166 Å². The Kier molecular flexibility index (Phi) is 5.65. The third-order valence-electron chi connectivity index (χ3n) is 3.74. The molecular weight excluding hydrogens is 386 g/mol. The van der Waals surface area contributed by atoms with Crippen molar-refractivity contribution in [2.45, 2.75) is 6.92 Å². The topological polar surface area (TPSA) is 83.4 Å². The second-order valence-electron chi connectivity index (χ2n) is 5.69. The monoisotopic (exact) mass is 401 g/mol. The maximum atomic E-state index is 12.2. The number of methoxy groups -OCH3 is 2. The van der Waals surface area contributed by atoms with Crippen molar-refractivity contribution in [3.8, 4) is 17.2 Å². The van der Waals surface area contributed by atoms with Crippen LogP contribution in [-0.2, 0) is 14.3 Å². The smallest absolute Gasteiger partial charge is 0.363 e. The minimum Gasteiger partial charge on any atom is -0.493 e. The molecule has 1 heterocycles. The van der Waals surface area contributed by atoms with Gasteiger partial charge in [-0.15, -0.1) is 0 Å². The summed E-state index contributed by atoms with van der Waals surface area (Å²) in [4.78, 5) is 27.7. The molecule has 0 aromatic heterocycles. The maximum absolute atomic E-state index is 12.2. The van der Waals surface area contributed by atoms with Crippen molar-refractivity contribution < 1.29 is 28.5 Å². The van der Waals surface area contributed by atoms with Crippen LogP contribution in [0.3, 0.4) is 0 Å². The fourth-order valence-electron chi connectivity index (χ4n) is 2.51. The van der Waals surface area contributed by atoms with Gasteiger partial charge in [-0.3, -0.25) is 4.79 Å². The van der Waals surface area contributed by atoms with E-state index in [-0.39, 0.29) is 28.8 Å². The minimum atomic E-state index is -0.591. The predicted octanol–water partition coefficient (Wildman–Crippen LogP) is 3.63. The molecule has 0 spiro atoms. The van der Waals surface area contributed by atoms with E-state index in [1.165, 1.54) is 27.2 Å². The number of hydrogen-bond acceptors (Lipinski definition) is 7. The highest BCUT2D eigenvalue weighted by Crippen LogP contribution is 2.39. The van der Waals surface area contributed by atoms with Crippen LogP contribution < -0.4 is 14.2 Å². The molecule has 1 aliphatic heterocycles. The summed E-state index contributed by atoms with van der Waals surface area (Å²) in [6.45, 7) is 1.27. The Hall–Kier alpha value is -3.32. The van der Waals surface area contributed by atoms with Gasteiger partial charge in [0.15, 0.2) is 17.2 Å². The third kappa shape index (κ3) is 4.15. The quantitative estimate of drug-likeness (QED) is 0.432. The first-order chi connectivity index (χ1) is 13.4. The summed E-state index contributed by atoms with van der Waals surface area (Å²) in [5.74, 6) is -0.224. The molecule has 2 aromatic carbocycles. The van der Waals surface area contributed by atoms with E-state index in [4.69, 9.17) is 30.5 Å². The first-order valence-corrected chi connectivity index (χ1v) is 8.52. The molecule has 144 valence electrons. The van der Waals surface area contributed by atoms with Crippen molar-refractivity contribution in [2.24, 2.45) is 4.99 Å². The van der Waals surface area contributed by atoms with Crippen LogP contribution in [0, 0.1) is 0 Å². The van der Waals surface area contributed by atoms with Gasteiger partial charge in [-0.2, -0.15) is 0 Å². The SMILES string of the molecule is COc1cc(/C=C2\N=C(c3ccc(Cl)cc3)OC2=O)cc(OC)c1OC(C)=O. The zero-order chi connectivity index (χ0) is 20.3. The summed E-state index contributed by atoms with van der Waals surface area (Å²) in [6, 6.07) is 9.96. The Balaban J connectivity index is 1.99. The van der Waals surface area contributed by atoms with E-state index in [2.05, 4.69) is 4.99 Å². The summed E-state index contributed by atoms with van der Waals surface area (Å²) in [7, 11) is 2.86. The van der Waals surface area contributed by atoms with Crippen LogP contribution in [0.2, 0.25) is 5.02 Å². The molecule has 0 fully saturated rings. The average Bonchev–Trinajstić information content (AvgIpc) is 3.03. The van der Waals surface area contributed by atoms with E-state index >= 15 is 0 Å². The maximum Gasteiger partial charge on any atom is 0.363 e. The van der Waals surface area contributed by atoms with E-state index in [0.29, 0.717) is 16.1 Å². The fraction of sp³-hybridized carbons (Fsp3) is 0.150. The molecule has 0 saturated heterocycles. The number of halogens is 1. The number of ether oxygens (including phenoxy) is 4. The van der Waals surface area contributed by atoms with Gasteiger partial charge >= 0.3 is 11.9 Å². The molecule has 0 aliphatic carbocycles. The minimum absolute atomic E-state index is 0.106. The molecule has 1 aliphatic rings. The van der Waals surface area contributed by atoms with Crippen molar-refractivity contribution in [2.75, 3.05) is 14.2 Å². The highest BCUT2D eigenvalue weighted by molar-refractivity contribution is 6.30. The number of nitrogens with zero attached hydrogens (tertiary/aromatic N) is 1. The lowest BCUT2D eigenvalue weighted by molar-refractivity contribution is -0.132. The van der Waals surface area contributed by atoms with E-state index in [1.54, 1.807) is 36.4 Å². The largest absolute Gasteiger partial charge is 0.493 e. The molecule has 0 bridgehead atoms. The number of benzene rings is 2. The molecule has 8 heteroatoms. The predicted molar refractivity (Wildman–Crippen MR) is 103 cm³/mol. The molecule has 0 unspecified atom stereocenters. The number of aliphatic imine (C=N–C) groups is 1. The van der Waals surface area contributed by atoms with Gasteiger partial charge in [0.2, 0.25) is 11.6 Å². The van der Waals surface area contributed by atoms with E-state index in [1.807, 2.05) is 0 Å². The average molecular weight is 402 g/mol. The number of carbonyl (C=O) groups excluding carboxylic acids is 2. The Morgan fingerprint density at radius 2 is 1.71 bits per heavy atom. The van der Waals surface area contributed by atoms with Gasteiger partial charge in [0.1, 0.15) is 0 Å². The zero-order valence-corrected chi connectivity index (χ0v) is 16.1. The summed E-state index contributed by atoms with van der Waals surface area (Å²) in [5, 5.41) is 0.566. The number of carbonyl (C=O) groups is 2. The standard InChI is InChI=1S/C20H16ClNO6/c1-11(23)27-18-16(25-2)9-12(10-17(18)26-3)8-15-20(24)28-19(22-15)13-4-6-14(21)7-5-13/h4-10H,1-3H3/b15-8-. The molecular formula is C20H16ClNO6. The van der Waals surface area contributed by atoms with E-state index in [0.717, 1.165) is 0 Å². The van der Waals surface area contributed by atoms with Crippen LogP contribution >= 0.6 is 11.6 Å². The Bertz CT molecular complexity index is 969. The molecule has 0 N–H and O–H groups in total. The highest BCUT2D eigenvalue weighted by Gasteiger charge is 2.25. The van der Waals surface area contributed by atoms with Gasteiger partial charge in [-0.1, -0.05) is 11.6 Å².